The highest BCUT2D eigenvalue weighted by molar-refractivity contribution is 4.84. The highest BCUT2D eigenvalue weighted by Gasteiger charge is 1.85. The molecule has 0 radical (unpaired) electrons. The fourth-order valence-electron chi connectivity index (χ4n) is 0.882. The van der Waals surface area contributed by atoms with Crippen molar-refractivity contribution in [2.75, 3.05) is 0 Å². The second kappa shape index (κ2) is 6.66. The lowest BCUT2D eigenvalue weighted by Gasteiger charge is -1.94. The Morgan fingerprint density at radius 2 is 2.00 bits per heavy atom. The zero-order chi connectivity index (χ0) is 7.82. The van der Waals surface area contributed by atoms with Gasteiger partial charge in [-0.25, -0.2) is 0 Å². The molecule has 0 aromatic rings. The maximum absolute atomic E-state index is 8.77. The smallest absolute Gasteiger partial charge is 0.0851 e. The van der Waals surface area contributed by atoms with Crippen LogP contribution in [0.15, 0.2) is 11.8 Å². The van der Waals surface area contributed by atoms with Crippen LogP contribution in [0, 0.1) is 0 Å². The van der Waals surface area contributed by atoms with Gasteiger partial charge < -0.3 is 5.11 Å². The van der Waals surface area contributed by atoms with Gasteiger partial charge in [0.15, 0.2) is 0 Å². The fraction of sp³-hybridized carbons (Fsp3) is 0.778. The van der Waals surface area contributed by atoms with E-state index >= 15 is 0 Å². The van der Waals surface area contributed by atoms with Crippen LogP contribution in [0.3, 0.4) is 0 Å². The summed E-state index contributed by atoms with van der Waals surface area (Å²) < 4.78 is 0. The van der Waals surface area contributed by atoms with Gasteiger partial charge in [-0.15, -0.1) is 0 Å². The van der Waals surface area contributed by atoms with Gasteiger partial charge in [0.1, 0.15) is 0 Å². The van der Waals surface area contributed by atoms with Crippen LogP contribution < -0.4 is 0 Å². The predicted octanol–water partition coefficient (Wildman–Crippen LogP) is 3.42. The van der Waals surface area contributed by atoms with Crippen LogP contribution in [0.1, 0.15) is 46.0 Å². The molecular weight excluding hydrogens is 124 g/mol. The van der Waals surface area contributed by atoms with Crippen molar-refractivity contribution in [2.45, 2.75) is 46.0 Å². The van der Waals surface area contributed by atoms with Crippen LogP contribution in [0.25, 0.3) is 0 Å². The maximum Gasteiger partial charge on any atom is 0.0851 e. The molecule has 1 N–H and O–H groups in total. The average molecular weight is 142 g/mol. The Morgan fingerprint density at radius 1 is 1.30 bits per heavy atom. The van der Waals surface area contributed by atoms with Crippen LogP contribution >= 0.6 is 0 Å². The lowest BCUT2D eigenvalue weighted by Crippen LogP contribution is -1.75. The molecule has 0 saturated carbocycles. The summed E-state index contributed by atoms with van der Waals surface area (Å²) in [6.45, 7) is 3.92. The molecule has 0 amide bonds. The van der Waals surface area contributed by atoms with Gasteiger partial charge in [0, 0.05) is 0 Å². The number of aliphatic hydroxyl groups is 1. The monoisotopic (exact) mass is 142 g/mol. The minimum Gasteiger partial charge on any atom is -0.513 e. The molecule has 0 aromatic heterocycles. The standard InChI is InChI=1S/C9H18O/c1-3-4-5-6-7-8-9(2)10/h8,10H,3-7H2,1-2H3. The van der Waals surface area contributed by atoms with E-state index in [1.165, 1.54) is 25.7 Å². The summed E-state index contributed by atoms with van der Waals surface area (Å²) in [6, 6.07) is 0. The van der Waals surface area contributed by atoms with Gasteiger partial charge >= 0.3 is 0 Å². The minimum absolute atomic E-state index is 0.455. The molecule has 0 aromatic carbocycles. The molecule has 0 atom stereocenters. The second-order valence-corrected chi connectivity index (χ2v) is 2.69. The number of rotatable bonds is 5. The van der Waals surface area contributed by atoms with Crippen molar-refractivity contribution >= 4 is 0 Å². The van der Waals surface area contributed by atoms with Crippen molar-refractivity contribution < 1.29 is 5.11 Å². The molecule has 10 heavy (non-hydrogen) atoms. The first-order valence-corrected chi connectivity index (χ1v) is 4.13. The minimum atomic E-state index is 0.455. The molecular formula is C9H18O. The third kappa shape index (κ3) is 7.54. The molecule has 0 spiro atoms. The van der Waals surface area contributed by atoms with E-state index in [2.05, 4.69) is 6.92 Å². The van der Waals surface area contributed by atoms with Gasteiger partial charge in [-0.1, -0.05) is 26.2 Å². The number of hydrogen-bond donors (Lipinski definition) is 1. The Kier molecular flexibility index (Phi) is 6.35. The summed E-state index contributed by atoms with van der Waals surface area (Å²) in [4.78, 5) is 0. The largest absolute Gasteiger partial charge is 0.513 e. The summed E-state index contributed by atoms with van der Waals surface area (Å²) in [5, 5.41) is 8.77. The highest BCUT2D eigenvalue weighted by Crippen LogP contribution is 2.03. The topological polar surface area (TPSA) is 20.2 Å². The first-order chi connectivity index (χ1) is 4.77. The van der Waals surface area contributed by atoms with Crippen molar-refractivity contribution in [1.29, 1.82) is 0 Å². The molecule has 0 rings (SSSR count). The Labute approximate surface area is 63.8 Å². The summed E-state index contributed by atoms with van der Waals surface area (Å²) in [7, 11) is 0. The number of unbranched alkanes of at least 4 members (excludes halogenated alkanes) is 4. The van der Waals surface area contributed by atoms with Gasteiger partial charge in [0.05, 0.1) is 5.76 Å². The molecule has 0 saturated heterocycles. The number of hydrogen-bond acceptors (Lipinski definition) is 1. The Bertz CT molecular complexity index is 90.9. The molecule has 0 aliphatic rings. The van der Waals surface area contributed by atoms with E-state index in [4.69, 9.17) is 5.11 Å². The quantitative estimate of drug-likeness (QED) is 0.460. The number of allylic oxidation sites excluding steroid dienone is 2. The maximum atomic E-state index is 8.77. The zero-order valence-corrected chi connectivity index (χ0v) is 7.06. The van der Waals surface area contributed by atoms with E-state index in [9.17, 15) is 0 Å². The first kappa shape index (κ1) is 9.54. The molecule has 0 unspecified atom stereocenters. The van der Waals surface area contributed by atoms with Gasteiger partial charge in [-0.2, -0.15) is 0 Å². The van der Waals surface area contributed by atoms with Gasteiger partial charge in [0.25, 0.3) is 0 Å². The van der Waals surface area contributed by atoms with Crippen molar-refractivity contribution in [3.8, 4) is 0 Å². The van der Waals surface area contributed by atoms with Crippen LogP contribution in [0.5, 0.6) is 0 Å². The van der Waals surface area contributed by atoms with E-state index < -0.39 is 0 Å². The molecule has 1 heteroatoms. The lowest BCUT2D eigenvalue weighted by molar-refractivity contribution is 0.410. The normalized spacial score (nSPS) is 12.0. The molecule has 0 aliphatic carbocycles. The van der Waals surface area contributed by atoms with Crippen LogP contribution in [-0.2, 0) is 0 Å². The van der Waals surface area contributed by atoms with Crippen molar-refractivity contribution in [3.05, 3.63) is 11.8 Å². The summed E-state index contributed by atoms with van der Waals surface area (Å²) in [6.07, 6.45) is 8.02. The summed E-state index contributed by atoms with van der Waals surface area (Å²) in [5.74, 6) is 0.455. The fourth-order valence-corrected chi connectivity index (χ4v) is 0.882. The van der Waals surface area contributed by atoms with Crippen molar-refractivity contribution in [3.63, 3.8) is 0 Å². The Morgan fingerprint density at radius 3 is 2.50 bits per heavy atom. The van der Waals surface area contributed by atoms with E-state index in [1.54, 1.807) is 6.92 Å². The third-order valence-corrected chi connectivity index (χ3v) is 1.50. The van der Waals surface area contributed by atoms with E-state index in [1.807, 2.05) is 6.08 Å². The van der Waals surface area contributed by atoms with E-state index in [-0.39, 0.29) is 0 Å². The molecule has 0 aliphatic heterocycles. The van der Waals surface area contributed by atoms with Gasteiger partial charge in [-0.3, -0.25) is 0 Å². The Hall–Kier alpha value is -0.460. The summed E-state index contributed by atoms with van der Waals surface area (Å²) in [5.41, 5.74) is 0. The molecule has 60 valence electrons. The highest BCUT2D eigenvalue weighted by atomic mass is 16.3. The molecule has 1 nitrogen and oxygen atoms in total. The van der Waals surface area contributed by atoms with Crippen LogP contribution in [-0.4, -0.2) is 5.11 Å². The number of aliphatic hydroxyl groups excluding tert-OH is 1. The zero-order valence-electron chi connectivity index (χ0n) is 7.06. The van der Waals surface area contributed by atoms with E-state index in [0.29, 0.717) is 5.76 Å². The average Bonchev–Trinajstić information content (AvgIpc) is 1.87. The van der Waals surface area contributed by atoms with Crippen LogP contribution in [0.4, 0.5) is 0 Å². The SMILES string of the molecule is CCCCCCC=C(C)O. The van der Waals surface area contributed by atoms with Gasteiger partial charge in [0.2, 0.25) is 0 Å². The predicted molar refractivity (Wildman–Crippen MR) is 45.1 cm³/mol. The van der Waals surface area contributed by atoms with Crippen molar-refractivity contribution in [2.24, 2.45) is 0 Å². The van der Waals surface area contributed by atoms with Crippen LogP contribution in [0.2, 0.25) is 0 Å². The third-order valence-electron chi connectivity index (χ3n) is 1.50. The van der Waals surface area contributed by atoms with Gasteiger partial charge in [-0.05, 0) is 25.8 Å². The second-order valence-electron chi connectivity index (χ2n) is 2.69. The molecule has 0 fully saturated rings. The molecule has 0 heterocycles. The summed E-state index contributed by atoms with van der Waals surface area (Å²) >= 11 is 0. The van der Waals surface area contributed by atoms with Crippen molar-refractivity contribution in [1.82, 2.24) is 0 Å². The lowest BCUT2D eigenvalue weighted by atomic mass is 10.1. The van der Waals surface area contributed by atoms with E-state index in [0.717, 1.165) is 6.42 Å². The Balaban J connectivity index is 2.98. The molecule has 0 bridgehead atoms. The first-order valence-electron chi connectivity index (χ1n) is 4.13.